The van der Waals surface area contributed by atoms with Crippen LogP contribution in [0.2, 0.25) is 0 Å². The molecule has 29 heavy (non-hydrogen) atoms. The molecule has 0 spiro atoms. The number of rotatable bonds is 5. The molecule has 4 aliphatic rings. The number of hydrogen-bond donors (Lipinski definition) is 2. The van der Waals surface area contributed by atoms with Crippen molar-refractivity contribution < 1.29 is 10.2 Å². The Hall–Kier alpha value is -0.340. The molecule has 4 rings (SSSR count). The molecule has 0 bridgehead atoms. The standard InChI is InChI=1S/C27H46O2/c1-17(2)25(29)11-6-18(3)22-9-10-23-21-8-7-19-16-20(28)12-14-26(19,4)24(21)13-15-27(22,23)5/h7,17-18,20-25,28-29H,6,8-16H2,1-5H3/t18-,20?,21+,22-,23+,24+,25-,26+,27-/m1/s1. The van der Waals surface area contributed by atoms with Crippen molar-refractivity contribution in [2.24, 2.45) is 46.3 Å². The van der Waals surface area contributed by atoms with Gasteiger partial charge in [0.2, 0.25) is 0 Å². The zero-order chi connectivity index (χ0) is 21.0. The highest BCUT2D eigenvalue weighted by molar-refractivity contribution is 5.25. The van der Waals surface area contributed by atoms with Crippen LogP contribution in [-0.2, 0) is 0 Å². The Morgan fingerprint density at radius 2 is 1.76 bits per heavy atom. The zero-order valence-electron chi connectivity index (χ0n) is 19.7. The van der Waals surface area contributed by atoms with Gasteiger partial charge in [-0.3, -0.25) is 0 Å². The molecule has 9 atom stereocenters. The summed E-state index contributed by atoms with van der Waals surface area (Å²) in [6.45, 7) is 11.9. The lowest BCUT2D eigenvalue weighted by Crippen LogP contribution is -2.50. The Bertz CT molecular complexity index is 624. The lowest BCUT2D eigenvalue weighted by molar-refractivity contribution is -0.0579. The third-order valence-corrected chi connectivity index (χ3v) is 10.5. The largest absolute Gasteiger partial charge is 0.393 e. The fraction of sp³-hybridized carbons (Fsp3) is 0.926. The number of allylic oxidation sites excluding steroid dienone is 1. The fourth-order valence-corrected chi connectivity index (χ4v) is 8.59. The molecule has 2 heteroatoms. The SMILES string of the molecule is CC(C)[C@H](O)CC[C@@H](C)[C@H]1CC[C@H]2[C@@H]3CC=C4CC(O)CC[C@]4(C)[C@H]3CC[C@]12C. The molecule has 4 aliphatic carbocycles. The predicted octanol–water partition coefficient (Wildman–Crippen LogP) is 6.36. The van der Waals surface area contributed by atoms with Crippen LogP contribution < -0.4 is 0 Å². The van der Waals surface area contributed by atoms with Gasteiger partial charge in [0.15, 0.2) is 0 Å². The third kappa shape index (κ3) is 3.65. The summed E-state index contributed by atoms with van der Waals surface area (Å²) in [5.74, 6) is 4.51. The van der Waals surface area contributed by atoms with Crippen LogP contribution in [0.5, 0.6) is 0 Å². The van der Waals surface area contributed by atoms with E-state index in [9.17, 15) is 10.2 Å². The van der Waals surface area contributed by atoms with Crippen molar-refractivity contribution in [2.75, 3.05) is 0 Å². The molecular weight excluding hydrogens is 356 g/mol. The monoisotopic (exact) mass is 402 g/mol. The summed E-state index contributed by atoms with van der Waals surface area (Å²) in [7, 11) is 0. The molecular formula is C27H46O2. The smallest absolute Gasteiger partial charge is 0.0577 e. The minimum absolute atomic E-state index is 0.0994. The quantitative estimate of drug-likeness (QED) is 0.525. The molecule has 0 heterocycles. The normalized spacial score (nSPS) is 46.5. The van der Waals surface area contributed by atoms with Crippen LogP contribution in [0.15, 0.2) is 11.6 Å². The highest BCUT2D eigenvalue weighted by atomic mass is 16.3. The molecule has 166 valence electrons. The van der Waals surface area contributed by atoms with E-state index >= 15 is 0 Å². The van der Waals surface area contributed by atoms with Crippen LogP contribution in [-0.4, -0.2) is 22.4 Å². The maximum absolute atomic E-state index is 10.3. The van der Waals surface area contributed by atoms with Crippen molar-refractivity contribution in [3.05, 3.63) is 11.6 Å². The maximum Gasteiger partial charge on any atom is 0.0577 e. The Labute approximate surface area is 179 Å². The van der Waals surface area contributed by atoms with Gasteiger partial charge in [0.1, 0.15) is 0 Å². The van der Waals surface area contributed by atoms with E-state index in [4.69, 9.17) is 0 Å². The first-order valence-corrected chi connectivity index (χ1v) is 12.7. The first-order chi connectivity index (χ1) is 13.7. The Kier molecular flexibility index (Phi) is 6.01. The van der Waals surface area contributed by atoms with Crippen LogP contribution >= 0.6 is 0 Å². The Morgan fingerprint density at radius 1 is 1.00 bits per heavy atom. The molecule has 0 aromatic carbocycles. The average molecular weight is 403 g/mol. The van der Waals surface area contributed by atoms with Gasteiger partial charge in [-0.2, -0.15) is 0 Å². The van der Waals surface area contributed by atoms with Gasteiger partial charge >= 0.3 is 0 Å². The van der Waals surface area contributed by atoms with Crippen molar-refractivity contribution in [3.63, 3.8) is 0 Å². The number of aliphatic hydroxyl groups is 2. The number of aliphatic hydroxyl groups excluding tert-OH is 2. The highest BCUT2D eigenvalue weighted by Crippen LogP contribution is 2.67. The summed E-state index contributed by atoms with van der Waals surface area (Å²) in [4.78, 5) is 0. The molecule has 0 aromatic rings. The van der Waals surface area contributed by atoms with Gasteiger partial charge in [0.05, 0.1) is 12.2 Å². The summed E-state index contributed by atoms with van der Waals surface area (Å²) >= 11 is 0. The Balaban J connectivity index is 1.49. The van der Waals surface area contributed by atoms with E-state index in [1.807, 2.05) is 0 Å². The van der Waals surface area contributed by atoms with Gasteiger partial charge in [-0.15, -0.1) is 0 Å². The van der Waals surface area contributed by atoms with E-state index in [0.29, 0.717) is 16.7 Å². The molecule has 1 unspecified atom stereocenters. The molecule has 2 nitrogen and oxygen atoms in total. The first-order valence-electron chi connectivity index (χ1n) is 12.7. The molecule has 0 aromatic heterocycles. The second-order valence-electron chi connectivity index (χ2n) is 12.3. The van der Waals surface area contributed by atoms with E-state index in [2.05, 4.69) is 40.7 Å². The second kappa shape index (κ2) is 7.97. The van der Waals surface area contributed by atoms with Crippen molar-refractivity contribution in [1.29, 1.82) is 0 Å². The van der Waals surface area contributed by atoms with Crippen LogP contribution in [0, 0.1) is 46.3 Å². The molecule has 0 amide bonds. The van der Waals surface area contributed by atoms with Crippen LogP contribution in [0.4, 0.5) is 0 Å². The van der Waals surface area contributed by atoms with Gasteiger partial charge < -0.3 is 10.2 Å². The van der Waals surface area contributed by atoms with E-state index in [1.165, 1.54) is 44.9 Å². The topological polar surface area (TPSA) is 40.5 Å². The van der Waals surface area contributed by atoms with E-state index in [1.54, 1.807) is 5.57 Å². The van der Waals surface area contributed by atoms with Gasteiger partial charge in [0.25, 0.3) is 0 Å². The van der Waals surface area contributed by atoms with Crippen molar-refractivity contribution in [3.8, 4) is 0 Å². The summed E-state index contributed by atoms with van der Waals surface area (Å²) in [6.07, 6.45) is 14.4. The van der Waals surface area contributed by atoms with Crippen molar-refractivity contribution in [2.45, 2.75) is 111 Å². The van der Waals surface area contributed by atoms with Gasteiger partial charge in [-0.05, 0) is 111 Å². The molecule has 3 saturated carbocycles. The zero-order valence-corrected chi connectivity index (χ0v) is 19.7. The summed E-state index contributed by atoms with van der Waals surface area (Å²) in [5, 5.41) is 20.5. The van der Waals surface area contributed by atoms with Crippen molar-refractivity contribution >= 4 is 0 Å². The molecule has 3 fully saturated rings. The first kappa shape index (κ1) is 21.9. The average Bonchev–Trinajstić information content (AvgIpc) is 3.03. The fourth-order valence-electron chi connectivity index (χ4n) is 8.59. The van der Waals surface area contributed by atoms with Gasteiger partial charge in [-0.1, -0.05) is 46.3 Å². The molecule has 0 saturated heterocycles. The van der Waals surface area contributed by atoms with E-state index < -0.39 is 0 Å². The van der Waals surface area contributed by atoms with Crippen LogP contribution in [0.3, 0.4) is 0 Å². The maximum atomic E-state index is 10.3. The third-order valence-electron chi connectivity index (χ3n) is 10.5. The molecule has 0 radical (unpaired) electrons. The highest BCUT2D eigenvalue weighted by Gasteiger charge is 2.59. The summed E-state index contributed by atoms with van der Waals surface area (Å²) in [6, 6.07) is 0. The van der Waals surface area contributed by atoms with Gasteiger partial charge in [-0.25, -0.2) is 0 Å². The number of fused-ring (bicyclic) bond motifs is 5. The second-order valence-corrected chi connectivity index (χ2v) is 12.3. The van der Waals surface area contributed by atoms with Crippen LogP contribution in [0.1, 0.15) is 98.8 Å². The molecule has 0 aliphatic heterocycles. The minimum Gasteiger partial charge on any atom is -0.393 e. The molecule has 2 N–H and O–H groups in total. The minimum atomic E-state index is -0.137. The van der Waals surface area contributed by atoms with E-state index in [-0.39, 0.29) is 12.2 Å². The lowest BCUT2D eigenvalue weighted by Gasteiger charge is -2.58. The lowest BCUT2D eigenvalue weighted by atomic mass is 9.47. The summed E-state index contributed by atoms with van der Waals surface area (Å²) in [5.41, 5.74) is 2.44. The summed E-state index contributed by atoms with van der Waals surface area (Å²) < 4.78 is 0. The predicted molar refractivity (Wildman–Crippen MR) is 120 cm³/mol. The van der Waals surface area contributed by atoms with E-state index in [0.717, 1.165) is 48.9 Å². The van der Waals surface area contributed by atoms with Gasteiger partial charge in [0, 0.05) is 0 Å². The Morgan fingerprint density at radius 3 is 2.48 bits per heavy atom. The van der Waals surface area contributed by atoms with Crippen molar-refractivity contribution in [1.82, 2.24) is 0 Å². The van der Waals surface area contributed by atoms with Crippen LogP contribution in [0.25, 0.3) is 0 Å². The number of hydrogen-bond acceptors (Lipinski definition) is 2.